The van der Waals surface area contributed by atoms with Crippen LogP contribution in [0.1, 0.15) is 37.7 Å². The van der Waals surface area contributed by atoms with E-state index in [0.717, 1.165) is 23.5 Å². The predicted octanol–water partition coefficient (Wildman–Crippen LogP) is 4.01. The first-order valence-electron chi connectivity index (χ1n) is 10.1. The minimum absolute atomic E-state index is 0.121. The molecule has 0 bridgehead atoms. The van der Waals surface area contributed by atoms with Gasteiger partial charge in [-0.15, -0.1) is 0 Å². The van der Waals surface area contributed by atoms with Crippen LogP contribution in [0.2, 0.25) is 0 Å². The van der Waals surface area contributed by atoms with Crippen molar-refractivity contribution in [2.45, 2.75) is 41.2 Å². The molecule has 0 aliphatic carbocycles. The van der Waals surface area contributed by atoms with Crippen molar-refractivity contribution in [2.75, 3.05) is 20.3 Å². The summed E-state index contributed by atoms with van der Waals surface area (Å²) in [7, 11) is 1.61. The van der Waals surface area contributed by atoms with E-state index in [4.69, 9.17) is 9.47 Å². The molecule has 0 aliphatic heterocycles. The summed E-state index contributed by atoms with van der Waals surface area (Å²) in [5, 5.41) is 7.42. The Morgan fingerprint density at radius 3 is 2.59 bits per heavy atom. The fourth-order valence-electron chi connectivity index (χ4n) is 2.89. The molecule has 1 aromatic heterocycles. The number of hydrogen-bond acceptors (Lipinski definition) is 4. The fraction of sp³-hybridized carbons (Fsp3) is 0.478. The van der Waals surface area contributed by atoms with Gasteiger partial charge in [-0.1, -0.05) is 26.8 Å². The second kappa shape index (κ2) is 10.7. The highest BCUT2D eigenvalue weighted by Crippen LogP contribution is 2.28. The quantitative estimate of drug-likeness (QED) is 0.613. The molecule has 1 heterocycles. The van der Waals surface area contributed by atoms with Crippen molar-refractivity contribution in [3.63, 3.8) is 0 Å². The molecule has 1 N–H and O–H groups in total. The lowest BCUT2D eigenvalue weighted by Crippen LogP contribution is -2.29. The summed E-state index contributed by atoms with van der Waals surface area (Å²) in [5.41, 5.74) is 3.03. The number of benzene rings is 1. The van der Waals surface area contributed by atoms with E-state index < -0.39 is 0 Å². The average molecular weight is 400 g/mol. The molecule has 6 heteroatoms. The van der Waals surface area contributed by atoms with Gasteiger partial charge in [-0.3, -0.25) is 9.48 Å². The van der Waals surface area contributed by atoms with Crippen LogP contribution in [-0.2, 0) is 11.3 Å². The molecular weight excluding hydrogens is 366 g/mol. The van der Waals surface area contributed by atoms with Crippen molar-refractivity contribution in [1.82, 2.24) is 15.1 Å². The van der Waals surface area contributed by atoms with Gasteiger partial charge in [-0.25, -0.2) is 0 Å². The van der Waals surface area contributed by atoms with Crippen molar-refractivity contribution in [3.05, 3.63) is 47.3 Å². The van der Waals surface area contributed by atoms with E-state index in [1.165, 1.54) is 0 Å². The smallest absolute Gasteiger partial charge is 0.244 e. The van der Waals surface area contributed by atoms with Gasteiger partial charge in [0.25, 0.3) is 0 Å². The average Bonchev–Trinajstić information content (AvgIpc) is 2.99. The first-order chi connectivity index (χ1) is 13.8. The highest BCUT2D eigenvalue weighted by Gasteiger charge is 2.09. The fourth-order valence-corrected chi connectivity index (χ4v) is 2.89. The highest BCUT2D eigenvalue weighted by molar-refractivity contribution is 5.91. The van der Waals surface area contributed by atoms with E-state index in [2.05, 4.69) is 37.3 Å². The van der Waals surface area contributed by atoms with E-state index >= 15 is 0 Å². The van der Waals surface area contributed by atoms with Crippen LogP contribution in [0.15, 0.2) is 30.3 Å². The SMILES string of the molecule is COc1cc(C=CC(=O)NCC(C)Cn2nc(C)cc2C)ccc1OCC(C)C. The predicted molar refractivity (Wildman–Crippen MR) is 116 cm³/mol. The minimum Gasteiger partial charge on any atom is -0.493 e. The summed E-state index contributed by atoms with van der Waals surface area (Å²) in [4.78, 5) is 12.2. The molecule has 158 valence electrons. The number of nitrogens with one attached hydrogen (secondary N) is 1. The molecule has 0 saturated heterocycles. The molecule has 0 spiro atoms. The van der Waals surface area contributed by atoms with Gasteiger partial charge < -0.3 is 14.8 Å². The third-order valence-electron chi connectivity index (χ3n) is 4.40. The lowest BCUT2D eigenvalue weighted by molar-refractivity contribution is -0.116. The molecule has 1 atom stereocenters. The Morgan fingerprint density at radius 1 is 1.21 bits per heavy atom. The van der Waals surface area contributed by atoms with Crippen LogP contribution in [0.5, 0.6) is 11.5 Å². The maximum absolute atomic E-state index is 12.2. The lowest BCUT2D eigenvalue weighted by atomic mass is 10.1. The van der Waals surface area contributed by atoms with Crippen molar-refractivity contribution in [1.29, 1.82) is 0 Å². The second-order valence-electron chi connectivity index (χ2n) is 7.91. The number of nitrogens with zero attached hydrogens (tertiary/aromatic N) is 2. The zero-order valence-electron chi connectivity index (χ0n) is 18.4. The number of hydrogen-bond donors (Lipinski definition) is 1. The summed E-state index contributed by atoms with van der Waals surface area (Å²) in [5.74, 6) is 1.96. The molecule has 2 aromatic rings. The second-order valence-corrected chi connectivity index (χ2v) is 7.91. The summed E-state index contributed by atoms with van der Waals surface area (Å²) in [6.07, 6.45) is 3.31. The monoisotopic (exact) mass is 399 g/mol. The molecule has 0 radical (unpaired) electrons. The van der Waals surface area contributed by atoms with Gasteiger partial charge in [-0.05, 0) is 55.5 Å². The molecular formula is C23H33N3O3. The maximum atomic E-state index is 12.2. The van der Waals surface area contributed by atoms with E-state index in [1.54, 1.807) is 19.3 Å². The first kappa shape index (κ1) is 22.5. The van der Waals surface area contributed by atoms with Crippen LogP contribution >= 0.6 is 0 Å². The number of ether oxygens (including phenoxy) is 2. The van der Waals surface area contributed by atoms with Gasteiger partial charge in [0.05, 0.1) is 19.4 Å². The normalized spacial score (nSPS) is 12.4. The van der Waals surface area contributed by atoms with Crippen molar-refractivity contribution < 1.29 is 14.3 Å². The van der Waals surface area contributed by atoms with Crippen LogP contribution < -0.4 is 14.8 Å². The molecule has 1 unspecified atom stereocenters. The summed E-state index contributed by atoms with van der Waals surface area (Å²) in [6, 6.07) is 7.70. The van der Waals surface area contributed by atoms with Crippen LogP contribution in [0.25, 0.3) is 6.08 Å². The van der Waals surface area contributed by atoms with E-state index in [0.29, 0.717) is 30.6 Å². The minimum atomic E-state index is -0.121. The van der Waals surface area contributed by atoms with Crippen LogP contribution in [0, 0.1) is 25.7 Å². The number of aryl methyl sites for hydroxylation is 2. The van der Waals surface area contributed by atoms with E-state index in [1.807, 2.05) is 36.7 Å². The number of aromatic nitrogens is 2. The Labute approximate surface area is 173 Å². The molecule has 0 saturated carbocycles. The van der Waals surface area contributed by atoms with Gasteiger partial charge in [0, 0.05) is 24.9 Å². The maximum Gasteiger partial charge on any atom is 0.244 e. The van der Waals surface area contributed by atoms with Crippen LogP contribution in [0.3, 0.4) is 0 Å². The number of methoxy groups -OCH3 is 1. The first-order valence-corrected chi connectivity index (χ1v) is 10.1. The topological polar surface area (TPSA) is 65.4 Å². The Hall–Kier alpha value is -2.76. The Bertz CT molecular complexity index is 840. The standard InChI is InChI=1S/C23H33N3O3/c1-16(2)15-29-21-9-7-20(12-22(21)28-6)8-10-23(27)24-13-17(3)14-26-19(5)11-18(4)25-26/h7-12,16-17H,13-15H2,1-6H3,(H,24,27). The molecule has 1 aromatic carbocycles. The van der Waals surface area contributed by atoms with Crippen LogP contribution in [0.4, 0.5) is 0 Å². The van der Waals surface area contributed by atoms with Crippen molar-refractivity contribution in [2.24, 2.45) is 11.8 Å². The largest absolute Gasteiger partial charge is 0.493 e. The molecule has 1 amide bonds. The van der Waals surface area contributed by atoms with Gasteiger partial charge in [-0.2, -0.15) is 5.10 Å². The zero-order chi connectivity index (χ0) is 21.4. The Morgan fingerprint density at radius 2 is 1.97 bits per heavy atom. The summed E-state index contributed by atoms with van der Waals surface area (Å²) >= 11 is 0. The van der Waals surface area contributed by atoms with Crippen LogP contribution in [-0.4, -0.2) is 35.9 Å². The molecule has 2 rings (SSSR count). The van der Waals surface area contributed by atoms with E-state index in [-0.39, 0.29) is 11.8 Å². The zero-order valence-corrected chi connectivity index (χ0v) is 18.4. The van der Waals surface area contributed by atoms with Gasteiger partial charge in [0.2, 0.25) is 5.91 Å². The molecule has 29 heavy (non-hydrogen) atoms. The highest BCUT2D eigenvalue weighted by atomic mass is 16.5. The number of amides is 1. The lowest BCUT2D eigenvalue weighted by Gasteiger charge is -2.13. The van der Waals surface area contributed by atoms with Gasteiger partial charge >= 0.3 is 0 Å². The van der Waals surface area contributed by atoms with E-state index in [9.17, 15) is 4.79 Å². The van der Waals surface area contributed by atoms with Gasteiger partial charge in [0.15, 0.2) is 11.5 Å². The number of carbonyl (C=O) groups is 1. The summed E-state index contributed by atoms with van der Waals surface area (Å²) < 4.78 is 13.1. The van der Waals surface area contributed by atoms with Crippen molar-refractivity contribution >= 4 is 12.0 Å². The Balaban J connectivity index is 1.87. The number of rotatable bonds is 10. The molecule has 0 fully saturated rings. The number of carbonyl (C=O) groups excluding carboxylic acids is 1. The molecule has 6 nitrogen and oxygen atoms in total. The van der Waals surface area contributed by atoms with Crippen molar-refractivity contribution in [3.8, 4) is 11.5 Å². The molecule has 0 aliphatic rings. The summed E-state index contributed by atoms with van der Waals surface area (Å²) in [6.45, 7) is 12.3. The Kier molecular flexibility index (Phi) is 8.31. The third kappa shape index (κ3) is 7.29. The van der Waals surface area contributed by atoms with Gasteiger partial charge in [0.1, 0.15) is 0 Å². The third-order valence-corrected chi connectivity index (χ3v) is 4.40.